The fourth-order valence-corrected chi connectivity index (χ4v) is 8.78. The average molecular weight is 602 g/mol. The first kappa shape index (κ1) is 25.6. The van der Waals surface area contributed by atoms with Crippen LogP contribution in [0.3, 0.4) is 0 Å². The first-order valence-corrected chi connectivity index (χ1v) is 16.6. The molecular weight excluding hydrogens is 575 g/mol. The number of rotatable bonds is 3. The van der Waals surface area contributed by atoms with Crippen LogP contribution in [0, 0.1) is 0 Å². The van der Waals surface area contributed by atoms with E-state index in [0.717, 1.165) is 0 Å². The van der Waals surface area contributed by atoms with Crippen molar-refractivity contribution in [1.29, 1.82) is 0 Å². The first-order valence-electron chi connectivity index (χ1n) is 15.8. The van der Waals surface area contributed by atoms with Gasteiger partial charge in [-0.25, -0.2) is 0 Å². The van der Waals surface area contributed by atoms with Crippen molar-refractivity contribution in [3.05, 3.63) is 164 Å². The standard InChI is InChI=1S/C44H27NS/c1-3-12-28(13-4-1)30-22-24-37-39(27-30)45(32-16-5-2-6-17-32)43-36-20-10-9-19-35(36)41-38-26-31(23-25-40(38)46-44(41)42(37)43)34-21-11-15-29-14-7-8-18-33(29)34/h1-27H. The predicted octanol–water partition coefficient (Wildman–Crippen LogP) is 12.8. The highest BCUT2D eigenvalue weighted by molar-refractivity contribution is 7.27. The van der Waals surface area contributed by atoms with Crippen molar-refractivity contribution >= 4 is 74.9 Å². The third-order valence-electron chi connectivity index (χ3n) is 9.56. The number of benzene rings is 8. The lowest BCUT2D eigenvalue weighted by atomic mass is 9.95. The molecule has 8 aromatic carbocycles. The highest BCUT2D eigenvalue weighted by Crippen LogP contribution is 2.49. The van der Waals surface area contributed by atoms with Crippen molar-refractivity contribution in [3.8, 4) is 27.9 Å². The summed E-state index contributed by atoms with van der Waals surface area (Å²) < 4.78 is 5.16. The molecule has 0 unspecified atom stereocenters. The Kier molecular flexibility index (Phi) is 5.51. The van der Waals surface area contributed by atoms with E-state index in [1.165, 1.54) is 91.5 Å². The van der Waals surface area contributed by atoms with Gasteiger partial charge in [-0.15, -0.1) is 11.3 Å². The van der Waals surface area contributed by atoms with Gasteiger partial charge in [0.25, 0.3) is 0 Å². The molecule has 10 rings (SSSR count). The molecule has 0 saturated heterocycles. The number of thiophene rings is 1. The molecule has 46 heavy (non-hydrogen) atoms. The molecule has 10 aromatic rings. The van der Waals surface area contributed by atoms with Crippen LogP contribution in [0.15, 0.2) is 164 Å². The summed E-state index contributed by atoms with van der Waals surface area (Å²) in [6, 6.07) is 60.0. The van der Waals surface area contributed by atoms with Crippen LogP contribution in [0.25, 0.3) is 91.5 Å². The van der Waals surface area contributed by atoms with E-state index < -0.39 is 0 Å². The predicted molar refractivity (Wildman–Crippen MR) is 200 cm³/mol. The van der Waals surface area contributed by atoms with E-state index >= 15 is 0 Å². The Labute approximate surface area is 270 Å². The van der Waals surface area contributed by atoms with E-state index in [2.05, 4.69) is 168 Å². The van der Waals surface area contributed by atoms with Crippen LogP contribution < -0.4 is 0 Å². The fourth-order valence-electron chi connectivity index (χ4n) is 7.52. The quantitative estimate of drug-likeness (QED) is 0.190. The van der Waals surface area contributed by atoms with Crippen LogP contribution in [-0.4, -0.2) is 4.57 Å². The zero-order valence-electron chi connectivity index (χ0n) is 24.9. The van der Waals surface area contributed by atoms with Gasteiger partial charge in [-0.3, -0.25) is 0 Å². The summed E-state index contributed by atoms with van der Waals surface area (Å²) in [6.07, 6.45) is 0. The average Bonchev–Trinajstić information content (AvgIpc) is 3.68. The molecule has 0 amide bonds. The van der Waals surface area contributed by atoms with Gasteiger partial charge in [0.2, 0.25) is 0 Å². The van der Waals surface area contributed by atoms with Gasteiger partial charge in [0.1, 0.15) is 0 Å². The largest absolute Gasteiger partial charge is 0.309 e. The third kappa shape index (κ3) is 3.68. The fraction of sp³-hybridized carbons (Fsp3) is 0. The molecule has 2 aromatic heterocycles. The van der Waals surface area contributed by atoms with Gasteiger partial charge in [-0.2, -0.15) is 0 Å². The highest BCUT2D eigenvalue weighted by atomic mass is 32.1. The number of aromatic nitrogens is 1. The number of para-hydroxylation sites is 1. The van der Waals surface area contributed by atoms with E-state index in [9.17, 15) is 0 Å². The molecule has 0 bridgehead atoms. The molecule has 0 aliphatic carbocycles. The van der Waals surface area contributed by atoms with E-state index in [1.807, 2.05) is 11.3 Å². The SMILES string of the molecule is c1ccc(-c2ccc3c4c5sc6ccc(-c7cccc8ccccc78)cc6c5c5ccccc5c4n(-c4ccccc4)c3c2)cc1. The van der Waals surface area contributed by atoms with Crippen LogP contribution in [0.1, 0.15) is 0 Å². The lowest BCUT2D eigenvalue weighted by Gasteiger charge is -2.11. The molecule has 0 spiro atoms. The van der Waals surface area contributed by atoms with Crippen LogP contribution in [-0.2, 0) is 0 Å². The van der Waals surface area contributed by atoms with Crippen LogP contribution in [0.2, 0.25) is 0 Å². The Morgan fingerprint density at radius 3 is 1.96 bits per heavy atom. The maximum absolute atomic E-state index is 2.49. The molecule has 0 N–H and O–H groups in total. The Bertz CT molecular complexity index is 2780. The second-order valence-electron chi connectivity index (χ2n) is 12.1. The Balaban J connectivity index is 1.36. The Morgan fingerprint density at radius 2 is 1.11 bits per heavy atom. The number of hydrogen-bond donors (Lipinski definition) is 0. The molecule has 0 fully saturated rings. The topological polar surface area (TPSA) is 4.93 Å². The highest BCUT2D eigenvalue weighted by Gasteiger charge is 2.22. The summed E-state index contributed by atoms with van der Waals surface area (Å²) in [5.74, 6) is 0. The minimum absolute atomic E-state index is 1.18. The second kappa shape index (κ2) is 9.90. The first-order chi connectivity index (χ1) is 22.8. The summed E-state index contributed by atoms with van der Waals surface area (Å²) in [5.41, 5.74) is 8.67. The van der Waals surface area contributed by atoms with Crippen LogP contribution >= 0.6 is 11.3 Å². The summed E-state index contributed by atoms with van der Waals surface area (Å²) in [5, 5.41) is 10.4. The number of fused-ring (bicyclic) bond motifs is 11. The van der Waals surface area contributed by atoms with Crippen LogP contribution in [0.5, 0.6) is 0 Å². The van der Waals surface area contributed by atoms with E-state index in [1.54, 1.807) is 0 Å². The minimum atomic E-state index is 1.18. The van der Waals surface area contributed by atoms with E-state index in [4.69, 9.17) is 0 Å². The molecular formula is C44H27NS. The molecule has 0 atom stereocenters. The number of hydrogen-bond acceptors (Lipinski definition) is 1. The van der Waals surface area contributed by atoms with Crippen molar-refractivity contribution in [2.24, 2.45) is 0 Å². The molecule has 0 radical (unpaired) electrons. The summed E-state index contributed by atoms with van der Waals surface area (Å²) >= 11 is 1.92. The molecule has 0 aliphatic rings. The zero-order valence-corrected chi connectivity index (χ0v) is 25.8. The number of nitrogens with zero attached hydrogens (tertiary/aromatic N) is 1. The van der Waals surface area contributed by atoms with Gasteiger partial charge in [0.15, 0.2) is 0 Å². The minimum Gasteiger partial charge on any atom is -0.309 e. The van der Waals surface area contributed by atoms with Gasteiger partial charge >= 0.3 is 0 Å². The molecule has 1 nitrogen and oxygen atoms in total. The molecule has 214 valence electrons. The summed E-state index contributed by atoms with van der Waals surface area (Å²) in [7, 11) is 0. The van der Waals surface area contributed by atoms with Crippen molar-refractivity contribution in [2.75, 3.05) is 0 Å². The summed E-state index contributed by atoms with van der Waals surface area (Å²) in [4.78, 5) is 0. The lowest BCUT2D eigenvalue weighted by Crippen LogP contribution is -1.94. The van der Waals surface area contributed by atoms with Gasteiger partial charge in [0.05, 0.1) is 11.0 Å². The van der Waals surface area contributed by atoms with E-state index in [0.29, 0.717) is 0 Å². The monoisotopic (exact) mass is 601 g/mol. The van der Waals surface area contributed by atoms with Gasteiger partial charge < -0.3 is 4.57 Å². The van der Waals surface area contributed by atoms with E-state index in [-0.39, 0.29) is 0 Å². The smallest absolute Gasteiger partial charge is 0.0634 e. The van der Waals surface area contributed by atoms with Crippen molar-refractivity contribution in [2.45, 2.75) is 0 Å². The summed E-state index contributed by atoms with van der Waals surface area (Å²) in [6.45, 7) is 0. The zero-order chi connectivity index (χ0) is 30.2. The normalized spacial score (nSPS) is 11.9. The maximum Gasteiger partial charge on any atom is 0.0634 e. The Morgan fingerprint density at radius 1 is 0.413 bits per heavy atom. The molecule has 0 aliphatic heterocycles. The van der Waals surface area contributed by atoms with Gasteiger partial charge in [0, 0.05) is 42.0 Å². The van der Waals surface area contributed by atoms with Gasteiger partial charge in [-0.1, -0.05) is 133 Å². The van der Waals surface area contributed by atoms with Crippen molar-refractivity contribution in [3.63, 3.8) is 0 Å². The lowest BCUT2D eigenvalue weighted by molar-refractivity contribution is 1.19. The van der Waals surface area contributed by atoms with Crippen LogP contribution in [0.4, 0.5) is 0 Å². The molecule has 0 saturated carbocycles. The Hall–Kier alpha value is -5.70. The van der Waals surface area contributed by atoms with Crippen molar-refractivity contribution < 1.29 is 0 Å². The maximum atomic E-state index is 2.49. The van der Waals surface area contributed by atoms with Crippen molar-refractivity contribution in [1.82, 2.24) is 4.57 Å². The second-order valence-corrected chi connectivity index (χ2v) is 13.1. The molecule has 2 heterocycles. The van der Waals surface area contributed by atoms with Gasteiger partial charge in [-0.05, 0) is 68.7 Å². The third-order valence-corrected chi connectivity index (χ3v) is 10.7. The molecule has 2 heteroatoms.